The Balaban J connectivity index is 1.86. The first-order chi connectivity index (χ1) is 15.9. The molecule has 0 aliphatic heterocycles. The minimum absolute atomic E-state index is 0.0296. The second-order valence-electron chi connectivity index (χ2n) is 6.50. The number of carbonyl (C=O) groups excluding carboxylic acids is 2. The zero-order chi connectivity index (χ0) is 24.1. The van der Waals surface area contributed by atoms with E-state index >= 15 is 0 Å². The number of hydrogen-bond donors (Lipinski definition) is 4. The van der Waals surface area contributed by atoms with Crippen molar-refractivity contribution >= 4 is 30.7 Å². The number of esters is 2. The maximum atomic E-state index is 11.2. The SMILES string of the molecule is N=CN=CC(=O)OCCOc1ccc(C(N)(N)c2ccc(OCCOC(=O)C=N)cc2)cc1. The molecule has 0 atom stereocenters. The van der Waals surface area contributed by atoms with Crippen LogP contribution in [0.4, 0.5) is 0 Å². The number of aliphatic imine (C=N–C) groups is 1. The monoisotopic (exact) mass is 455 g/mol. The molecular formula is C22H25N5O6. The highest BCUT2D eigenvalue weighted by molar-refractivity contribution is 6.24. The molecule has 174 valence electrons. The molecule has 11 nitrogen and oxygen atoms in total. The largest absolute Gasteiger partial charge is 0.490 e. The van der Waals surface area contributed by atoms with Crippen LogP contribution in [0.2, 0.25) is 0 Å². The molecule has 0 bridgehead atoms. The Hall–Kier alpha value is -4.09. The quantitative estimate of drug-likeness (QED) is 0.113. The number of nitrogens with two attached hydrogens (primary N) is 2. The summed E-state index contributed by atoms with van der Waals surface area (Å²) in [6.07, 6.45) is 2.23. The van der Waals surface area contributed by atoms with Gasteiger partial charge in [-0.1, -0.05) is 24.3 Å². The molecule has 0 aliphatic rings. The van der Waals surface area contributed by atoms with Crippen molar-refractivity contribution in [2.45, 2.75) is 5.66 Å². The molecule has 2 rings (SSSR count). The molecule has 33 heavy (non-hydrogen) atoms. The minimum atomic E-state index is -1.26. The highest BCUT2D eigenvalue weighted by atomic mass is 16.6. The first kappa shape index (κ1) is 25.2. The van der Waals surface area contributed by atoms with Crippen molar-refractivity contribution in [1.29, 1.82) is 10.8 Å². The van der Waals surface area contributed by atoms with Gasteiger partial charge in [0.1, 0.15) is 62.4 Å². The third-order valence-electron chi connectivity index (χ3n) is 4.23. The molecule has 0 aliphatic carbocycles. The summed E-state index contributed by atoms with van der Waals surface area (Å²) in [7, 11) is 0. The molecule has 0 aromatic heterocycles. The van der Waals surface area contributed by atoms with Crippen LogP contribution >= 0.6 is 0 Å². The molecule has 11 heteroatoms. The van der Waals surface area contributed by atoms with Gasteiger partial charge in [0.05, 0.1) is 0 Å². The van der Waals surface area contributed by atoms with E-state index in [-0.39, 0.29) is 26.4 Å². The maximum Gasteiger partial charge on any atom is 0.349 e. The summed E-state index contributed by atoms with van der Waals surface area (Å²) in [5.74, 6) is -0.286. The second kappa shape index (κ2) is 12.7. The Bertz CT molecular complexity index is 974. The van der Waals surface area contributed by atoms with Crippen molar-refractivity contribution in [1.82, 2.24) is 0 Å². The summed E-state index contributed by atoms with van der Waals surface area (Å²) >= 11 is 0. The van der Waals surface area contributed by atoms with Crippen LogP contribution in [0, 0.1) is 10.8 Å². The molecule has 0 amide bonds. The van der Waals surface area contributed by atoms with Crippen LogP contribution < -0.4 is 20.9 Å². The Morgan fingerprint density at radius 1 is 0.788 bits per heavy atom. The van der Waals surface area contributed by atoms with E-state index in [9.17, 15) is 9.59 Å². The third kappa shape index (κ3) is 8.16. The van der Waals surface area contributed by atoms with Gasteiger partial charge in [-0.05, 0) is 35.4 Å². The summed E-state index contributed by atoms with van der Waals surface area (Å²) < 4.78 is 20.6. The van der Waals surface area contributed by atoms with E-state index in [0.29, 0.717) is 28.8 Å². The molecule has 2 aromatic carbocycles. The lowest BCUT2D eigenvalue weighted by molar-refractivity contribution is -0.136. The van der Waals surface area contributed by atoms with Crippen molar-refractivity contribution in [2.24, 2.45) is 16.5 Å². The zero-order valence-corrected chi connectivity index (χ0v) is 17.7. The summed E-state index contributed by atoms with van der Waals surface area (Å²) in [6.45, 7) is 0.348. The van der Waals surface area contributed by atoms with Gasteiger partial charge in [-0.25, -0.2) is 14.6 Å². The molecule has 0 spiro atoms. The highest BCUT2D eigenvalue weighted by Gasteiger charge is 2.24. The normalized spacial score (nSPS) is 11.0. The van der Waals surface area contributed by atoms with E-state index in [1.165, 1.54) is 0 Å². The fourth-order valence-corrected chi connectivity index (χ4v) is 2.60. The van der Waals surface area contributed by atoms with Gasteiger partial charge in [-0.15, -0.1) is 0 Å². The van der Waals surface area contributed by atoms with Crippen LogP contribution in [-0.2, 0) is 24.7 Å². The van der Waals surface area contributed by atoms with Crippen LogP contribution in [-0.4, -0.2) is 57.1 Å². The first-order valence-electron chi connectivity index (χ1n) is 9.77. The van der Waals surface area contributed by atoms with Gasteiger partial charge in [0.15, 0.2) is 0 Å². The molecule has 2 aromatic rings. The number of nitrogens with zero attached hydrogens (tertiary/aromatic N) is 1. The highest BCUT2D eigenvalue weighted by Crippen LogP contribution is 2.25. The molecule has 0 unspecified atom stereocenters. The average molecular weight is 455 g/mol. The van der Waals surface area contributed by atoms with Crippen molar-refractivity contribution in [3.05, 3.63) is 59.7 Å². The summed E-state index contributed by atoms with van der Waals surface area (Å²) in [4.78, 5) is 25.4. The van der Waals surface area contributed by atoms with Gasteiger partial charge in [-0.2, -0.15) is 0 Å². The fraction of sp³-hybridized carbons (Fsp3) is 0.227. The molecule has 0 saturated heterocycles. The number of nitrogens with one attached hydrogen (secondary N) is 2. The van der Waals surface area contributed by atoms with Crippen molar-refractivity contribution in [2.75, 3.05) is 26.4 Å². The molecular weight excluding hydrogens is 430 g/mol. The molecule has 0 heterocycles. The van der Waals surface area contributed by atoms with Crippen LogP contribution in [0.3, 0.4) is 0 Å². The Kier molecular flexibility index (Phi) is 9.68. The summed E-state index contributed by atoms with van der Waals surface area (Å²) in [5, 5.41) is 13.4. The number of ether oxygens (including phenoxy) is 4. The van der Waals surface area contributed by atoms with Crippen LogP contribution in [0.25, 0.3) is 0 Å². The van der Waals surface area contributed by atoms with Crippen molar-refractivity contribution in [3.8, 4) is 11.5 Å². The van der Waals surface area contributed by atoms with E-state index < -0.39 is 17.6 Å². The van der Waals surface area contributed by atoms with E-state index in [1.54, 1.807) is 48.5 Å². The maximum absolute atomic E-state index is 11.2. The number of hydrogen-bond acceptors (Lipinski definition) is 10. The van der Waals surface area contributed by atoms with E-state index in [4.69, 9.17) is 41.2 Å². The molecule has 0 radical (unpaired) electrons. The smallest absolute Gasteiger partial charge is 0.349 e. The van der Waals surface area contributed by atoms with Gasteiger partial charge in [0.25, 0.3) is 0 Å². The van der Waals surface area contributed by atoms with E-state index in [1.807, 2.05) is 0 Å². The minimum Gasteiger partial charge on any atom is -0.490 e. The van der Waals surface area contributed by atoms with Gasteiger partial charge < -0.3 is 35.8 Å². The lowest BCUT2D eigenvalue weighted by atomic mass is 9.93. The lowest BCUT2D eigenvalue weighted by Gasteiger charge is -2.26. The molecule has 0 fully saturated rings. The predicted octanol–water partition coefficient (Wildman–Crippen LogP) is 0.977. The molecule has 6 N–H and O–H groups in total. The first-order valence-corrected chi connectivity index (χ1v) is 9.77. The van der Waals surface area contributed by atoms with Crippen LogP contribution in [0.15, 0.2) is 53.5 Å². The van der Waals surface area contributed by atoms with Gasteiger partial charge >= 0.3 is 11.9 Å². The lowest BCUT2D eigenvalue weighted by Crippen LogP contribution is -2.47. The van der Waals surface area contributed by atoms with Gasteiger partial charge in [-0.3, -0.25) is 5.41 Å². The third-order valence-corrected chi connectivity index (χ3v) is 4.23. The topological polar surface area (TPSA) is 183 Å². The van der Waals surface area contributed by atoms with Crippen LogP contribution in [0.5, 0.6) is 11.5 Å². The zero-order valence-electron chi connectivity index (χ0n) is 17.7. The average Bonchev–Trinajstić information content (AvgIpc) is 2.83. The van der Waals surface area contributed by atoms with Crippen molar-refractivity contribution < 1.29 is 28.5 Å². The van der Waals surface area contributed by atoms with Gasteiger partial charge in [0.2, 0.25) is 0 Å². The molecule has 0 saturated carbocycles. The van der Waals surface area contributed by atoms with Crippen molar-refractivity contribution in [3.63, 3.8) is 0 Å². The standard InChI is InChI=1S/C22H25N5O6/c23-13-20(28)32-11-9-30-18-5-1-16(2-6-18)22(25,26)17-3-7-19(8-4-17)31-10-12-33-21(29)14-27-15-24/h1-8,13-15,23-24H,9-12,25-26H2. The summed E-state index contributed by atoms with van der Waals surface area (Å²) in [6, 6.07) is 13.8. The fourth-order valence-electron chi connectivity index (χ4n) is 2.60. The van der Waals surface area contributed by atoms with Crippen LogP contribution in [0.1, 0.15) is 11.1 Å². The summed E-state index contributed by atoms with van der Waals surface area (Å²) in [5.41, 5.74) is 12.7. The number of benzene rings is 2. The van der Waals surface area contributed by atoms with E-state index in [2.05, 4.69) is 4.99 Å². The Morgan fingerprint density at radius 3 is 1.67 bits per heavy atom. The van der Waals surface area contributed by atoms with E-state index in [0.717, 1.165) is 12.6 Å². The Morgan fingerprint density at radius 2 is 1.24 bits per heavy atom. The van der Waals surface area contributed by atoms with Gasteiger partial charge in [0, 0.05) is 0 Å². The number of carbonyl (C=O) groups is 2. The Labute approximate surface area is 190 Å². The predicted molar refractivity (Wildman–Crippen MR) is 121 cm³/mol. The number of rotatable bonds is 13. The second-order valence-corrected chi connectivity index (χ2v) is 6.50.